The van der Waals surface area contributed by atoms with Crippen LogP contribution in [0.15, 0.2) is 42.5 Å². The molecular weight excluding hydrogens is 396 g/mol. The lowest BCUT2D eigenvalue weighted by Gasteiger charge is -2.35. The Morgan fingerprint density at radius 1 is 1.03 bits per heavy atom. The molecule has 2 heterocycles. The van der Waals surface area contributed by atoms with Gasteiger partial charge < -0.3 is 25.2 Å². The number of nitrogens with zero attached hydrogens (tertiary/aromatic N) is 2. The maximum atomic E-state index is 12.5. The first-order valence-electron chi connectivity index (χ1n) is 9.17. The van der Waals surface area contributed by atoms with Crippen LogP contribution < -0.4 is 20.3 Å². The highest BCUT2D eigenvalue weighted by Gasteiger charge is 2.26. The van der Waals surface area contributed by atoms with Crippen molar-refractivity contribution in [1.82, 2.24) is 4.90 Å². The lowest BCUT2D eigenvalue weighted by Crippen LogP contribution is -2.51. The number of halogens is 1. The summed E-state index contributed by atoms with van der Waals surface area (Å²) in [5.41, 5.74) is 1.99. The fourth-order valence-corrected chi connectivity index (χ4v) is 3.43. The van der Waals surface area contributed by atoms with Gasteiger partial charge in [-0.2, -0.15) is 0 Å². The van der Waals surface area contributed by atoms with Gasteiger partial charge in [0.1, 0.15) is 5.75 Å². The maximum Gasteiger partial charge on any atom is 0.313 e. The maximum absolute atomic E-state index is 12.5. The van der Waals surface area contributed by atoms with Gasteiger partial charge in [0.05, 0.1) is 5.69 Å². The molecule has 29 heavy (non-hydrogen) atoms. The summed E-state index contributed by atoms with van der Waals surface area (Å²) in [5.74, 6) is -1.06. The van der Waals surface area contributed by atoms with E-state index in [0.29, 0.717) is 48.3 Å². The van der Waals surface area contributed by atoms with E-state index in [1.807, 2.05) is 24.3 Å². The fourth-order valence-electron chi connectivity index (χ4n) is 3.30. The number of rotatable bonds is 2. The predicted molar refractivity (Wildman–Crippen MR) is 109 cm³/mol. The number of hydrogen-bond donors (Lipinski definition) is 2. The monoisotopic (exact) mass is 414 g/mol. The minimum absolute atomic E-state index is 0.0821. The van der Waals surface area contributed by atoms with Crippen molar-refractivity contribution in [2.45, 2.75) is 0 Å². The Labute approximate surface area is 172 Å². The molecule has 3 amide bonds. The van der Waals surface area contributed by atoms with Gasteiger partial charge in [0.15, 0.2) is 6.61 Å². The summed E-state index contributed by atoms with van der Waals surface area (Å²) in [6.07, 6.45) is 0. The first-order chi connectivity index (χ1) is 14.0. The van der Waals surface area contributed by atoms with Crippen LogP contribution in [0.3, 0.4) is 0 Å². The van der Waals surface area contributed by atoms with Crippen LogP contribution in [0.25, 0.3) is 0 Å². The van der Waals surface area contributed by atoms with Gasteiger partial charge in [-0.05, 0) is 36.4 Å². The van der Waals surface area contributed by atoms with E-state index in [1.165, 1.54) is 4.90 Å². The highest BCUT2D eigenvalue weighted by molar-refractivity contribution is 6.39. The van der Waals surface area contributed by atoms with Crippen molar-refractivity contribution >= 4 is 46.4 Å². The smallest absolute Gasteiger partial charge is 0.313 e. The van der Waals surface area contributed by atoms with Crippen LogP contribution in [0.5, 0.6) is 5.75 Å². The first kappa shape index (κ1) is 19.1. The summed E-state index contributed by atoms with van der Waals surface area (Å²) in [4.78, 5) is 39.9. The number of nitrogens with one attached hydrogen (secondary N) is 2. The van der Waals surface area contributed by atoms with E-state index in [-0.39, 0.29) is 12.5 Å². The molecular formula is C20H19ClN4O4. The Bertz CT molecular complexity index is 955. The van der Waals surface area contributed by atoms with E-state index in [1.54, 1.807) is 18.2 Å². The fraction of sp³-hybridized carbons (Fsp3) is 0.250. The molecule has 1 fully saturated rings. The number of carbonyl (C=O) groups is 3. The molecule has 1 saturated heterocycles. The van der Waals surface area contributed by atoms with Gasteiger partial charge in [0, 0.05) is 48.6 Å². The van der Waals surface area contributed by atoms with Crippen molar-refractivity contribution in [3.05, 3.63) is 47.5 Å². The Morgan fingerprint density at radius 2 is 1.76 bits per heavy atom. The quantitative estimate of drug-likeness (QED) is 0.733. The second-order valence-electron chi connectivity index (χ2n) is 6.76. The van der Waals surface area contributed by atoms with Crippen molar-refractivity contribution in [3.8, 4) is 5.75 Å². The van der Waals surface area contributed by atoms with Gasteiger partial charge in [0.2, 0.25) is 0 Å². The molecule has 0 aliphatic carbocycles. The SMILES string of the molecule is O=C1COc2cc(NC(=O)C(=O)N3CCN(c4ccc(Cl)cc4)CC3)ccc2N1. The molecule has 150 valence electrons. The van der Waals surface area contributed by atoms with Crippen LogP contribution >= 0.6 is 11.6 Å². The molecule has 0 atom stereocenters. The normalized spacial score (nSPS) is 15.8. The van der Waals surface area contributed by atoms with E-state index >= 15 is 0 Å². The molecule has 0 aromatic heterocycles. The van der Waals surface area contributed by atoms with E-state index in [9.17, 15) is 14.4 Å². The minimum Gasteiger partial charge on any atom is -0.482 e. The summed E-state index contributed by atoms with van der Waals surface area (Å²) in [5, 5.41) is 5.95. The molecule has 8 nitrogen and oxygen atoms in total. The van der Waals surface area contributed by atoms with Gasteiger partial charge in [-0.15, -0.1) is 0 Å². The van der Waals surface area contributed by atoms with Crippen LogP contribution in [0.2, 0.25) is 5.02 Å². The Morgan fingerprint density at radius 3 is 2.48 bits per heavy atom. The summed E-state index contributed by atoms with van der Waals surface area (Å²) >= 11 is 5.92. The van der Waals surface area contributed by atoms with Crippen LogP contribution in [0.4, 0.5) is 17.1 Å². The Hall–Kier alpha value is -3.26. The molecule has 0 bridgehead atoms. The zero-order valence-electron chi connectivity index (χ0n) is 15.5. The van der Waals surface area contributed by atoms with Gasteiger partial charge in [-0.25, -0.2) is 0 Å². The van der Waals surface area contributed by atoms with Crippen LogP contribution in [0.1, 0.15) is 0 Å². The van der Waals surface area contributed by atoms with Crippen molar-refractivity contribution in [2.75, 3.05) is 48.3 Å². The zero-order chi connectivity index (χ0) is 20.4. The van der Waals surface area contributed by atoms with Crippen LogP contribution in [-0.2, 0) is 14.4 Å². The van der Waals surface area contributed by atoms with Crippen molar-refractivity contribution in [1.29, 1.82) is 0 Å². The molecule has 0 saturated carbocycles. The Kier molecular flexibility index (Phi) is 5.26. The van der Waals surface area contributed by atoms with Crippen molar-refractivity contribution in [3.63, 3.8) is 0 Å². The number of ether oxygens (including phenoxy) is 1. The molecule has 2 aliphatic heterocycles. The second-order valence-corrected chi connectivity index (χ2v) is 7.19. The summed E-state index contributed by atoms with van der Waals surface area (Å²) < 4.78 is 5.32. The summed E-state index contributed by atoms with van der Waals surface area (Å²) in [7, 11) is 0. The number of benzene rings is 2. The topological polar surface area (TPSA) is 91.0 Å². The highest BCUT2D eigenvalue weighted by atomic mass is 35.5. The molecule has 2 N–H and O–H groups in total. The molecule has 9 heteroatoms. The number of hydrogen-bond acceptors (Lipinski definition) is 5. The largest absolute Gasteiger partial charge is 0.482 e. The minimum atomic E-state index is -0.704. The van der Waals surface area contributed by atoms with Gasteiger partial charge in [-0.1, -0.05) is 11.6 Å². The molecule has 2 aliphatic rings. The number of piperazine rings is 1. The number of carbonyl (C=O) groups excluding carboxylic acids is 3. The van der Waals surface area contributed by atoms with E-state index in [2.05, 4.69) is 15.5 Å². The third-order valence-corrected chi connectivity index (χ3v) is 5.08. The average molecular weight is 415 g/mol. The third-order valence-electron chi connectivity index (χ3n) is 4.83. The second kappa shape index (κ2) is 8.00. The Balaban J connectivity index is 1.33. The van der Waals surface area contributed by atoms with Gasteiger partial charge >= 0.3 is 11.8 Å². The summed E-state index contributed by atoms with van der Waals surface area (Å²) in [6.45, 7) is 2.09. The molecule has 0 unspecified atom stereocenters. The molecule has 2 aromatic rings. The lowest BCUT2D eigenvalue weighted by molar-refractivity contribution is -0.143. The molecule has 2 aromatic carbocycles. The van der Waals surface area contributed by atoms with E-state index in [0.717, 1.165) is 5.69 Å². The third kappa shape index (κ3) is 4.27. The summed E-state index contributed by atoms with van der Waals surface area (Å²) in [6, 6.07) is 12.3. The van der Waals surface area contributed by atoms with E-state index < -0.39 is 11.8 Å². The first-order valence-corrected chi connectivity index (χ1v) is 9.55. The standard InChI is InChI=1S/C20H19ClN4O4/c21-13-1-4-15(5-2-13)24-7-9-25(10-8-24)20(28)19(27)22-14-3-6-16-17(11-14)29-12-18(26)23-16/h1-6,11H,7-10,12H2,(H,22,27)(H,23,26). The van der Waals surface area contributed by atoms with Crippen molar-refractivity contribution in [2.24, 2.45) is 0 Å². The molecule has 0 spiro atoms. The zero-order valence-corrected chi connectivity index (χ0v) is 16.2. The van der Waals surface area contributed by atoms with Crippen LogP contribution in [0, 0.1) is 0 Å². The number of anilines is 3. The average Bonchev–Trinajstić information content (AvgIpc) is 2.74. The molecule has 0 radical (unpaired) electrons. The van der Waals surface area contributed by atoms with Crippen molar-refractivity contribution < 1.29 is 19.1 Å². The van der Waals surface area contributed by atoms with Gasteiger partial charge in [-0.3, -0.25) is 14.4 Å². The van der Waals surface area contributed by atoms with E-state index in [4.69, 9.17) is 16.3 Å². The van der Waals surface area contributed by atoms with Gasteiger partial charge in [0.25, 0.3) is 5.91 Å². The van der Waals surface area contributed by atoms with Crippen LogP contribution in [-0.4, -0.2) is 55.4 Å². The number of amides is 3. The lowest BCUT2D eigenvalue weighted by atomic mass is 10.2. The predicted octanol–water partition coefficient (Wildman–Crippen LogP) is 1.96. The number of fused-ring (bicyclic) bond motifs is 1. The highest BCUT2D eigenvalue weighted by Crippen LogP contribution is 2.30. The molecule has 4 rings (SSSR count).